The quantitative estimate of drug-likeness (QED) is 0.565. The Balaban J connectivity index is 1.30. The molecule has 7 nitrogen and oxygen atoms in total. The Labute approximate surface area is 193 Å². The molecule has 0 aliphatic heterocycles. The van der Waals surface area contributed by atoms with E-state index in [1.165, 1.54) is 11.1 Å². The van der Waals surface area contributed by atoms with E-state index in [0.29, 0.717) is 0 Å². The van der Waals surface area contributed by atoms with Crippen molar-refractivity contribution in [1.29, 1.82) is 0 Å². The van der Waals surface area contributed by atoms with Crippen molar-refractivity contribution in [2.24, 2.45) is 11.8 Å². The van der Waals surface area contributed by atoms with Gasteiger partial charge in [-0.1, -0.05) is 61.9 Å². The first-order valence-electron chi connectivity index (χ1n) is 11.5. The second kappa shape index (κ2) is 10.1. The topological polar surface area (TPSA) is 105 Å². The van der Waals surface area contributed by atoms with Gasteiger partial charge in [-0.05, 0) is 41.0 Å². The maximum absolute atomic E-state index is 12.6. The molecule has 1 saturated carbocycles. The van der Waals surface area contributed by atoms with E-state index >= 15 is 0 Å². The zero-order valence-electron chi connectivity index (χ0n) is 18.8. The van der Waals surface area contributed by atoms with Crippen LogP contribution < -0.4 is 10.6 Å². The molecule has 0 radical (unpaired) electrons. The number of fused-ring (bicyclic) bond motifs is 3. The lowest BCUT2D eigenvalue weighted by atomic mass is 9.98. The van der Waals surface area contributed by atoms with Crippen molar-refractivity contribution in [3.8, 4) is 11.1 Å². The number of carbonyl (C=O) groups is 3. The Hall–Kier alpha value is -3.35. The Morgan fingerprint density at radius 3 is 2.30 bits per heavy atom. The fraction of sp³-hybridized carbons (Fsp3) is 0.423. The number of amides is 2. The third-order valence-electron chi connectivity index (χ3n) is 6.78. The predicted octanol–water partition coefficient (Wildman–Crippen LogP) is 3.92. The molecule has 0 bridgehead atoms. The second-order valence-electron chi connectivity index (χ2n) is 9.01. The van der Waals surface area contributed by atoms with Gasteiger partial charge in [0, 0.05) is 24.9 Å². The molecule has 2 aliphatic rings. The van der Waals surface area contributed by atoms with Gasteiger partial charge < -0.3 is 20.5 Å². The highest BCUT2D eigenvalue weighted by Crippen LogP contribution is 2.44. The van der Waals surface area contributed by atoms with Gasteiger partial charge in [0.2, 0.25) is 5.91 Å². The zero-order chi connectivity index (χ0) is 23.4. The molecule has 2 aromatic carbocycles. The molecule has 0 spiro atoms. The number of carboxylic acids is 1. The third kappa shape index (κ3) is 5.18. The summed E-state index contributed by atoms with van der Waals surface area (Å²) in [6.07, 6.45) is 2.37. The molecule has 33 heavy (non-hydrogen) atoms. The Morgan fingerprint density at radius 2 is 1.67 bits per heavy atom. The molecule has 2 amide bonds. The summed E-state index contributed by atoms with van der Waals surface area (Å²) in [6, 6.07) is 16.3. The molecule has 7 heteroatoms. The summed E-state index contributed by atoms with van der Waals surface area (Å²) in [6.45, 7) is 1.91. The van der Waals surface area contributed by atoms with Gasteiger partial charge in [0.05, 0.1) is 5.92 Å². The molecule has 0 aromatic heterocycles. The van der Waals surface area contributed by atoms with E-state index in [9.17, 15) is 14.4 Å². The average Bonchev–Trinajstić information content (AvgIpc) is 3.37. The standard InChI is InChI=1S/C26H30N2O5/c1-16(25(30)31)14-27-24(29)13-17-7-6-12-23(17)28-26(32)33-15-22-20-10-4-2-8-18(20)19-9-3-5-11-21(19)22/h2-5,8-11,16-17,22-23H,6-7,12-15H2,1H3,(H,27,29)(H,28,32)(H,30,31). The Kier molecular flexibility index (Phi) is 6.96. The van der Waals surface area contributed by atoms with E-state index < -0.39 is 18.0 Å². The summed E-state index contributed by atoms with van der Waals surface area (Å²) >= 11 is 0. The molecule has 0 saturated heterocycles. The highest BCUT2D eigenvalue weighted by atomic mass is 16.5. The van der Waals surface area contributed by atoms with Crippen molar-refractivity contribution >= 4 is 18.0 Å². The molecule has 3 unspecified atom stereocenters. The summed E-state index contributed by atoms with van der Waals surface area (Å²) in [4.78, 5) is 35.8. The number of carbonyl (C=O) groups excluding carboxylic acids is 2. The van der Waals surface area contributed by atoms with E-state index in [-0.39, 0.29) is 43.4 Å². The molecular weight excluding hydrogens is 420 g/mol. The zero-order valence-corrected chi connectivity index (χ0v) is 18.8. The summed E-state index contributed by atoms with van der Waals surface area (Å²) < 4.78 is 5.64. The number of carboxylic acid groups (broad SMARTS) is 1. The fourth-order valence-corrected chi connectivity index (χ4v) is 4.93. The monoisotopic (exact) mass is 450 g/mol. The summed E-state index contributed by atoms with van der Waals surface area (Å²) in [5.41, 5.74) is 4.69. The molecule has 3 atom stereocenters. The molecular formula is C26H30N2O5. The smallest absolute Gasteiger partial charge is 0.407 e. The van der Waals surface area contributed by atoms with Crippen LogP contribution in [-0.2, 0) is 14.3 Å². The van der Waals surface area contributed by atoms with Crippen molar-refractivity contribution in [3.05, 3.63) is 59.7 Å². The van der Waals surface area contributed by atoms with Gasteiger partial charge in [-0.25, -0.2) is 4.79 Å². The van der Waals surface area contributed by atoms with Crippen LogP contribution in [0.2, 0.25) is 0 Å². The molecule has 2 aliphatic carbocycles. The van der Waals surface area contributed by atoms with Gasteiger partial charge in [0.15, 0.2) is 0 Å². The van der Waals surface area contributed by atoms with E-state index in [0.717, 1.165) is 30.4 Å². The maximum Gasteiger partial charge on any atom is 0.407 e. The van der Waals surface area contributed by atoms with Crippen LogP contribution in [0.3, 0.4) is 0 Å². The van der Waals surface area contributed by atoms with Crippen LogP contribution in [0, 0.1) is 11.8 Å². The van der Waals surface area contributed by atoms with Crippen LogP contribution >= 0.6 is 0 Å². The predicted molar refractivity (Wildman–Crippen MR) is 124 cm³/mol. The third-order valence-corrected chi connectivity index (χ3v) is 6.78. The molecule has 1 fully saturated rings. The summed E-state index contributed by atoms with van der Waals surface area (Å²) in [7, 11) is 0. The molecule has 0 heterocycles. The number of rotatable bonds is 8. The summed E-state index contributed by atoms with van der Waals surface area (Å²) in [5, 5.41) is 14.6. The van der Waals surface area contributed by atoms with Crippen LogP contribution in [0.4, 0.5) is 4.79 Å². The van der Waals surface area contributed by atoms with Crippen molar-refractivity contribution in [3.63, 3.8) is 0 Å². The van der Waals surface area contributed by atoms with Crippen molar-refractivity contribution in [2.75, 3.05) is 13.2 Å². The number of hydrogen-bond acceptors (Lipinski definition) is 4. The Bertz CT molecular complexity index is 991. The van der Waals surface area contributed by atoms with Crippen LogP contribution in [0.25, 0.3) is 11.1 Å². The lowest BCUT2D eigenvalue weighted by molar-refractivity contribution is -0.141. The second-order valence-corrected chi connectivity index (χ2v) is 9.01. The van der Waals surface area contributed by atoms with Crippen LogP contribution in [-0.4, -0.2) is 42.3 Å². The molecule has 2 aromatic rings. The van der Waals surface area contributed by atoms with Gasteiger partial charge in [-0.2, -0.15) is 0 Å². The molecule has 174 valence electrons. The minimum atomic E-state index is -0.939. The van der Waals surface area contributed by atoms with Gasteiger partial charge in [-0.3, -0.25) is 9.59 Å². The highest BCUT2D eigenvalue weighted by molar-refractivity contribution is 5.79. The number of nitrogens with one attached hydrogen (secondary N) is 2. The molecule has 3 N–H and O–H groups in total. The van der Waals surface area contributed by atoms with Crippen molar-refractivity contribution in [2.45, 2.75) is 44.6 Å². The van der Waals surface area contributed by atoms with Gasteiger partial charge in [-0.15, -0.1) is 0 Å². The highest BCUT2D eigenvalue weighted by Gasteiger charge is 2.32. The SMILES string of the molecule is CC(CNC(=O)CC1CCCC1NC(=O)OCC1c2ccccc2-c2ccccc21)C(=O)O. The number of benzene rings is 2. The first kappa shape index (κ1) is 22.8. The largest absolute Gasteiger partial charge is 0.481 e. The number of aliphatic carboxylic acids is 1. The first-order valence-corrected chi connectivity index (χ1v) is 11.5. The van der Waals surface area contributed by atoms with Crippen molar-refractivity contribution in [1.82, 2.24) is 10.6 Å². The van der Waals surface area contributed by atoms with Gasteiger partial charge in [0.1, 0.15) is 6.61 Å². The van der Waals surface area contributed by atoms with Gasteiger partial charge in [0.25, 0.3) is 0 Å². The lowest BCUT2D eigenvalue weighted by Crippen LogP contribution is -2.40. The van der Waals surface area contributed by atoms with Gasteiger partial charge >= 0.3 is 12.1 Å². The number of ether oxygens (including phenoxy) is 1. The van der Waals surface area contributed by atoms with Crippen LogP contribution in [0.5, 0.6) is 0 Å². The minimum Gasteiger partial charge on any atom is -0.481 e. The molecule has 4 rings (SSSR count). The minimum absolute atomic E-state index is 0.00419. The maximum atomic E-state index is 12.6. The van der Waals surface area contributed by atoms with E-state index in [2.05, 4.69) is 34.9 Å². The van der Waals surface area contributed by atoms with E-state index in [1.54, 1.807) is 6.92 Å². The van der Waals surface area contributed by atoms with Crippen LogP contribution in [0.1, 0.15) is 49.7 Å². The fourth-order valence-electron chi connectivity index (χ4n) is 4.93. The van der Waals surface area contributed by atoms with E-state index in [1.807, 2.05) is 24.3 Å². The van der Waals surface area contributed by atoms with E-state index in [4.69, 9.17) is 9.84 Å². The number of hydrogen-bond donors (Lipinski definition) is 3. The Morgan fingerprint density at radius 1 is 1.03 bits per heavy atom. The normalized spacial score (nSPS) is 19.9. The summed E-state index contributed by atoms with van der Waals surface area (Å²) in [5.74, 6) is -1.73. The van der Waals surface area contributed by atoms with Crippen LogP contribution in [0.15, 0.2) is 48.5 Å². The average molecular weight is 451 g/mol. The number of alkyl carbamates (subject to hydrolysis) is 1. The lowest BCUT2D eigenvalue weighted by Gasteiger charge is -2.21. The van der Waals surface area contributed by atoms with Crippen molar-refractivity contribution < 1.29 is 24.2 Å². The first-order chi connectivity index (χ1) is 15.9.